The van der Waals surface area contributed by atoms with E-state index in [1.807, 2.05) is 17.7 Å². The van der Waals surface area contributed by atoms with E-state index in [0.29, 0.717) is 44.6 Å². The van der Waals surface area contributed by atoms with Gasteiger partial charge in [-0.15, -0.1) is 0 Å². The molecule has 1 atom stereocenters. The van der Waals surface area contributed by atoms with Gasteiger partial charge in [0.2, 0.25) is 5.89 Å². The molecule has 4 aromatic rings. The molecule has 2 heterocycles. The number of nitrogens with zero attached hydrogens (tertiary/aromatic N) is 3. The van der Waals surface area contributed by atoms with E-state index in [1.54, 1.807) is 48.9 Å². The van der Waals surface area contributed by atoms with Gasteiger partial charge in [-0.3, -0.25) is 0 Å². The molecular formula is C21H17Cl2N3O3. The second-order valence-electron chi connectivity index (χ2n) is 6.66. The number of carbonyl (C=O) groups excluding carboxylic acids is 1. The Labute approximate surface area is 177 Å². The van der Waals surface area contributed by atoms with Crippen molar-refractivity contribution in [3.8, 4) is 11.5 Å². The highest BCUT2D eigenvalue weighted by Gasteiger charge is 2.16. The SMILES string of the molecule is CC(CCn1ccnc1)OC(=O)c1ccc2nc(-c3cc(Cl)cc(Cl)c3)oc2c1. The lowest BCUT2D eigenvalue weighted by Gasteiger charge is -2.13. The molecule has 2 aromatic carbocycles. The molecule has 0 saturated carbocycles. The lowest BCUT2D eigenvalue weighted by atomic mass is 10.2. The van der Waals surface area contributed by atoms with Crippen LogP contribution in [-0.4, -0.2) is 26.6 Å². The van der Waals surface area contributed by atoms with Gasteiger partial charge in [0.1, 0.15) is 11.6 Å². The lowest BCUT2D eigenvalue weighted by Crippen LogP contribution is -2.17. The predicted molar refractivity (Wildman–Crippen MR) is 111 cm³/mol. The molecule has 0 saturated heterocycles. The van der Waals surface area contributed by atoms with Gasteiger partial charge < -0.3 is 13.7 Å². The zero-order chi connectivity index (χ0) is 20.4. The highest BCUT2D eigenvalue weighted by atomic mass is 35.5. The maximum absolute atomic E-state index is 12.5. The molecule has 0 bridgehead atoms. The summed E-state index contributed by atoms with van der Waals surface area (Å²) in [5.41, 5.74) is 2.17. The summed E-state index contributed by atoms with van der Waals surface area (Å²) in [4.78, 5) is 20.9. The number of ether oxygens (including phenoxy) is 1. The van der Waals surface area contributed by atoms with Crippen molar-refractivity contribution in [2.75, 3.05) is 0 Å². The Morgan fingerprint density at radius 1 is 1.21 bits per heavy atom. The summed E-state index contributed by atoms with van der Waals surface area (Å²) in [6.07, 6.45) is 5.77. The van der Waals surface area contributed by atoms with E-state index in [0.717, 1.165) is 6.54 Å². The summed E-state index contributed by atoms with van der Waals surface area (Å²) in [5.74, 6) is -0.0302. The van der Waals surface area contributed by atoms with Crippen LogP contribution in [0, 0.1) is 0 Å². The Balaban J connectivity index is 1.48. The van der Waals surface area contributed by atoms with Gasteiger partial charge in [-0.1, -0.05) is 23.2 Å². The fourth-order valence-corrected chi connectivity index (χ4v) is 3.44. The molecule has 2 aromatic heterocycles. The summed E-state index contributed by atoms with van der Waals surface area (Å²) in [7, 11) is 0. The maximum atomic E-state index is 12.5. The first-order valence-electron chi connectivity index (χ1n) is 9.02. The number of esters is 1. The summed E-state index contributed by atoms with van der Waals surface area (Å²) < 4.78 is 13.3. The number of carbonyl (C=O) groups is 1. The first kappa shape index (κ1) is 19.5. The van der Waals surface area contributed by atoms with E-state index in [2.05, 4.69) is 9.97 Å². The predicted octanol–water partition coefficient (Wildman–Crippen LogP) is 5.63. The van der Waals surface area contributed by atoms with E-state index in [4.69, 9.17) is 32.4 Å². The standard InChI is InChI=1S/C21H17Cl2N3O3/c1-13(4-6-26-7-5-24-12-26)28-21(27)14-2-3-18-19(10-14)29-20(25-18)15-8-16(22)11-17(23)9-15/h2-3,5,7-13H,4,6H2,1H3. The van der Waals surface area contributed by atoms with Crippen LogP contribution in [0.4, 0.5) is 0 Å². The van der Waals surface area contributed by atoms with Gasteiger partial charge in [0, 0.05) is 41.0 Å². The molecule has 0 spiro atoms. The van der Waals surface area contributed by atoms with Crippen molar-refractivity contribution in [2.24, 2.45) is 0 Å². The number of benzene rings is 2. The molecule has 8 heteroatoms. The fourth-order valence-electron chi connectivity index (χ4n) is 2.91. The maximum Gasteiger partial charge on any atom is 0.338 e. The summed E-state index contributed by atoms with van der Waals surface area (Å²) in [5, 5.41) is 0.979. The van der Waals surface area contributed by atoms with Gasteiger partial charge in [0.15, 0.2) is 5.58 Å². The van der Waals surface area contributed by atoms with Crippen LogP contribution in [0.15, 0.2) is 59.5 Å². The van der Waals surface area contributed by atoms with Gasteiger partial charge in [-0.2, -0.15) is 0 Å². The van der Waals surface area contributed by atoms with Crippen LogP contribution >= 0.6 is 23.2 Å². The summed E-state index contributed by atoms with van der Waals surface area (Å²) >= 11 is 12.1. The van der Waals surface area contributed by atoms with Crippen molar-refractivity contribution in [1.29, 1.82) is 0 Å². The molecule has 0 N–H and O–H groups in total. The Hall–Kier alpha value is -2.83. The highest BCUT2D eigenvalue weighted by molar-refractivity contribution is 6.35. The van der Waals surface area contributed by atoms with Crippen molar-refractivity contribution >= 4 is 40.3 Å². The molecule has 148 valence electrons. The molecular weight excluding hydrogens is 413 g/mol. The minimum atomic E-state index is -0.409. The van der Waals surface area contributed by atoms with E-state index in [1.165, 1.54) is 0 Å². The topological polar surface area (TPSA) is 70.2 Å². The minimum absolute atomic E-state index is 0.237. The van der Waals surface area contributed by atoms with Gasteiger partial charge in [-0.25, -0.2) is 14.8 Å². The summed E-state index contributed by atoms with van der Waals surface area (Å²) in [6, 6.07) is 10.1. The van der Waals surface area contributed by atoms with E-state index < -0.39 is 5.97 Å². The third-order valence-electron chi connectivity index (χ3n) is 4.39. The second-order valence-corrected chi connectivity index (χ2v) is 7.54. The van der Waals surface area contributed by atoms with Crippen molar-refractivity contribution in [3.05, 3.63) is 70.7 Å². The van der Waals surface area contributed by atoms with Crippen LogP contribution in [0.2, 0.25) is 10.0 Å². The van der Waals surface area contributed by atoms with Crippen LogP contribution in [0.25, 0.3) is 22.6 Å². The molecule has 0 amide bonds. The van der Waals surface area contributed by atoms with Crippen molar-refractivity contribution in [1.82, 2.24) is 14.5 Å². The average Bonchev–Trinajstić information content (AvgIpc) is 3.34. The van der Waals surface area contributed by atoms with Crippen LogP contribution in [0.3, 0.4) is 0 Å². The average molecular weight is 430 g/mol. The fraction of sp³-hybridized carbons (Fsp3) is 0.190. The highest BCUT2D eigenvalue weighted by Crippen LogP contribution is 2.29. The summed E-state index contributed by atoms with van der Waals surface area (Å²) in [6.45, 7) is 2.59. The van der Waals surface area contributed by atoms with Gasteiger partial charge in [0.25, 0.3) is 0 Å². The van der Waals surface area contributed by atoms with E-state index >= 15 is 0 Å². The van der Waals surface area contributed by atoms with Crippen LogP contribution in [0.1, 0.15) is 23.7 Å². The quantitative estimate of drug-likeness (QED) is 0.371. The van der Waals surface area contributed by atoms with Crippen LogP contribution in [0.5, 0.6) is 0 Å². The van der Waals surface area contributed by atoms with Crippen molar-refractivity contribution in [3.63, 3.8) is 0 Å². The zero-order valence-corrected chi connectivity index (χ0v) is 17.0. The number of hydrogen-bond donors (Lipinski definition) is 0. The number of fused-ring (bicyclic) bond motifs is 1. The lowest BCUT2D eigenvalue weighted by molar-refractivity contribution is 0.0316. The largest absolute Gasteiger partial charge is 0.459 e. The monoisotopic (exact) mass is 429 g/mol. The van der Waals surface area contributed by atoms with Gasteiger partial charge >= 0.3 is 5.97 Å². The molecule has 0 aliphatic rings. The van der Waals surface area contributed by atoms with Crippen molar-refractivity contribution in [2.45, 2.75) is 26.0 Å². The third kappa shape index (κ3) is 4.60. The number of oxazole rings is 1. The Bertz CT molecular complexity index is 1140. The molecule has 29 heavy (non-hydrogen) atoms. The zero-order valence-electron chi connectivity index (χ0n) is 15.5. The first-order valence-corrected chi connectivity index (χ1v) is 9.77. The number of aryl methyl sites for hydroxylation is 1. The van der Waals surface area contributed by atoms with Crippen molar-refractivity contribution < 1.29 is 13.9 Å². The molecule has 0 radical (unpaired) electrons. The van der Waals surface area contributed by atoms with Gasteiger partial charge in [0.05, 0.1) is 11.9 Å². The molecule has 0 aliphatic heterocycles. The smallest absolute Gasteiger partial charge is 0.338 e. The molecule has 6 nitrogen and oxygen atoms in total. The second kappa shape index (κ2) is 8.27. The molecule has 4 rings (SSSR count). The minimum Gasteiger partial charge on any atom is -0.459 e. The molecule has 0 aliphatic carbocycles. The Kier molecular flexibility index (Phi) is 5.56. The van der Waals surface area contributed by atoms with Crippen LogP contribution < -0.4 is 0 Å². The number of rotatable bonds is 6. The van der Waals surface area contributed by atoms with Gasteiger partial charge in [-0.05, 0) is 43.3 Å². The first-order chi connectivity index (χ1) is 14.0. The van der Waals surface area contributed by atoms with Crippen LogP contribution in [-0.2, 0) is 11.3 Å². The van der Waals surface area contributed by atoms with E-state index in [-0.39, 0.29) is 6.10 Å². The molecule has 0 fully saturated rings. The normalized spacial score (nSPS) is 12.2. The number of aromatic nitrogens is 3. The third-order valence-corrected chi connectivity index (χ3v) is 4.83. The number of hydrogen-bond acceptors (Lipinski definition) is 5. The Morgan fingerprint density at radius 2 is 2.00 bits per heavy atom. The van der Waals surface area contributed by atoms with E-state index in [9.17, 15) is 4.79 Å². The molecule has 1 unspecified atom stereocenters. The number of halogens is 2. The Morgan fingerprint density at radius 3 is 2.72 bits per heavy atom. The number of imidazole rings is 1.